The number of hydrogen-bond donors (Lipinski definition) is 20. The highest BCUT2D eigenvalue weighted by molar-refractivity contribution is 7.91. The van der Waals surface area contributed by atoms with Crippen molar-refractivity contribution in [2.75, 3.05) is 18.1 Å². The summed E-state index contributed by atoms with van der Waals surface area (Å²) in [6.07, 6.45) is -50.1. The van der Waals surface area contributed by atoms with E-state index in [0.717, 1.165) is 3.94 Å². The number of halogens is 2. The number of nitrogens with zero attached hydrogens (tertiary/aromatic N) is 1. The number of aliphatic hydroxyl groups excluding tert-OH is 20. The third-order valence-electron chi connectivity index (χ3n) is 8.70. The Morgan fingerprint density at radius 2 is 0.679 bits per heavy atom. The molecule has 0 aliphatic heterocycles. The predicted octanol–water partition coefficient (Wildman–Crippen LogP) is -10.6. The largest absolute Gasteiger partial charge is 0.394 e. The molecule has 0 fully saturated rings. The molecule has 0 saturated heterocycles. The molecule has 0 aliphatic carbocycles. The second-order valence-electron chi connectivity index (χ2n) is 13.4. The van der Waals surface area contributed by atoms with Crippen molar-refractivity contribution < 1.29 is 111 Å². The molecule has 320 valence electrons. The Balaban J connectivity index is 5.47. The fourth-order valence-electron chi connectivity index (χ4n) is 4.84. The summed E-state index contributed by atoms with van der Waals surface area (Å²) in [5.41, 5.74) is -0.837. The van der Waals surface area contributed by atoms with E-state index in [2.05, 4.69) is 0 Å². The Morgan fingerprint density at radius 1 is 0.453 bits per heavy atom. The van der Waals surface area contributed by atoms with Crippen molar-refractivity contribution in [3.8, 4) is 0 Å². The van der Waals surface area contributed by atoms with Crippen molar-refractivity contribution >= 4 is 33.4 Å². The molecule has 0 bridgehead atoms. The molecule has 0 amide bonds. The topological polar surface area (TPSA) is 442 Å². The Morgan fingerprint density at radius 3 is 0.906 bits per heavy atom. The van der Waals surface area contributed by atoms with Crippen molar-refractivity contribution in [1.82, 2.24) is 3.94 Å². The summed E-state index contributed by atoms with van der Waals surface area (Å²) in [6, 6.07) is 0. The van der Waals surface area contributed by atoms with Gasteiger partial charge in [0.25, 0.3) is 0 Å². The van der Waals surface area contributed by atoms with Crippen LogP contribution in [0.25, 0.3) is 0 Å². The van der Waals surface area contributed by atoms with E-state index in [9.17, 15) is 105 Å². The van der Waals surface area contributed by atoms with Crippen LogP contribution in [0.4, 0.5) is 0 Å². The van der Waals surface area contributed by atoms with Gasteiger partial charge in [0.15, 0.2) is 9.84 Å². The summed E-state index contributed by atoms with van der Waals surface area (Å²) in [5.74, 6) is -1.70. The van der Waals surface area contributed by atoms with Gasteiger partial charge in [-0.25, -0.2) is 8.42 Å². The molecule has 19 atom stereocenters. The average molecular weight is 849 g/mol. The van der Waals surface area contributed by atoms with Crippen LogP contribution in [-0.4, -0.2) is 254 Å². The molecule has 20 N–H and O–H groups in total. The van der Waals surface area contributed by atoms with Gasteiger partial charge in [-0.2, -0.15) is 0 Å². The van der Waals surface area contributed by atoms with Gasteiger partial charge in [-0.1, -0.05) is 0 Å². The second-order valence-corrected chi connectivity index (χ2v) is 16.5. The number of sulfone groups is 1. The van der Waals surface area contributed by atoms with E-state index in [1.807, 2.05) is 0 Å². The van der Waals surface area contributed by atoms with Gasteiger partial charge in [-0.15, -0.1) is 3.94 Å². The zero-order chi connectivity index (χ0) is 42.1. The minimum absolute atomic E-state index is 0.00726. The molecule has 23 nitrogen and oxygen atoms in total. The number of hydrogen-bond acceptors (Lipinski definition) is 23. The van der Waals surface area contributed by atoms with E-state index in [0.29, 0.717) is 0 Å². The van der Waals surface area contributed by atoms with Crippen molar-refractivity contribution in [1.29, 1.82) is 0 Å². The standard InChI is InChI=1S/C27H55Cl2NO22S/c1-27(2,30(28)29)4-3-5-53(51,52)7-9(33)11(35)13(37)15(39)17(41)19(43)21(45)23(47)25(49)26(50)24(48)22(46)20(44)18(42)16(40)14(38)12(36)10(34)8(32)6-31/h8-26,31-50H,3-7H2,1-2H3. The Hall–Kier alpha value is -0.310. The maximum atomic E-state index is 12.4. The van der Waals surface area contributed by atoms with Crippen molar-refractivity contribution in [2.24, 2.45) is 0 Å². The van der Waals surface area contributed by atoms with Crippen molar-refractivity contribution in [3.63, 3.8) is 0 Å². The molecule has 53 heavy (non-hydrogen) atoms. The lowest BCUT2D eigenvalue weighted by Crippen LogP contribution is -2.61. The zero-order valence-corrected chi connectivity index (χ0v) is 30.7. The first-order valence-corrected chi connectivity index (χ1v) is 18.4. The van der Waals surface area contributed by atoms with Crippen LogP contribution >= 0.6 is 23.6 Å². The van der Waals surface area contributed by atoms with Gasteiger partial charge < -0.3 is 102 Å². The molecule has 0 spiro atoms. The van der Waals surface area contributed by atoms with Crippen LogP contribution in [0.5, 0.6) is 0 Å². The van der Waals surface area contributed by atoms with Gasteiger partial charge in [0.05, 0.1) is 24.2 Å². The normalized spacial score (nSPS) is 24.2. The highest BCUT2D eigenvalue weighted by Crippen LogP contribution is 2.26. The summed E-state index contributed by atoms with van der Waals surface area (Å²) in [5, 5.41) is 201. The van der Waals surface area contributed by atoms with Crippen molar-refractivity contribution in [2.45, 2.75) is 148 Å². The summed E-state index contributed by atoms with van der Waals surface area (Å²) in [4.78, 5) is 0. The van der Waals surface area contributed by atoms with E-state index < -0.39 is 149 Å². The third kappa shape index (κ3) is 14.9. The molecule has 0 aliphatic rings. The molecular weight excluding hydrogens is 793 g/mol. The first-order valence-electron chi connectivity index (χ1n) is 15.9. The highest BCUT2D eigenvalue weighted by Gasteiger charge is 2.47. The maximum absolute atomic E-state index is 12.4. The zero-order valence-electron chi connectivity index (χ0n) is 28.4. The lowest BCUT2D eigenvalue weighted by Gasteiger charge is -2.37. The van der Waals surface area contributed by atoms with Crippen LogP contribution in [0.3, 0.4) is 0 Å². The van der Waals surface area contributed by atoms with E-state index in [4.69, 9.17) is 28.7 Å². The highest BCUT2D eigenvalue weighted by atomic mass is 35.5. The van der Waals surface area contributed by atoms with Crippen LogP contribution in [0.2, 0.25) is 0 Å². The van der Waals surface area contributed by atoms with Crippen LogP contribution in [0.15, 0.2) is 0 Å². The fraction of sp³-hybridized carbons (Fsp3) is 1.00. The average Bonchev–Trinajstić information content (AvgIpc) is 3.11. The molecule has 0 rings (SSSR count). The Labute approximate surface area is 313 Å². The van der Waals surface area contributed by atoms with E-state index in [1.165, 1.54) is 0 Å². The molecule has 19 unspecified atom stereocenters. The van der Waals surface area contributed by atoms with E-state index >= 15 is 0 Å². The summed E-state index contributed by atoms with van der Waals surface area (Å²) in [7, 11) is -4.12. The van der Waals surface area contributed by atoms with Gasteiger partial charge in [0, 0.05) is 5.54 Å². The molecule has 0 heterocycles. The van der Waals surface area contributed by atoms with Gasteiger partial charge in [0.2, 0.25) is 0 Å². The molecule has 0 radical (unpaired) electrons. The first-order chi connectivity index (χ1) is 24.0. The van der Waals surface area contributed by atoms with Gasteiger partial charge in [0.1, 0.15) is 110 Å². The van der Waals surface area contributed by atoms with Crippen molar-refractivity contribution in [3.05, 3.63) is 0 Å². The number of rotatable bonds is 26. The SMILES string of the molecule is CC(C)(CCCS(=O)(=O)CC(O)C(O)C(O)C(O)C(O)C(O)C(O)C(O)C(O)C(O)C(O)C(O)C(O)C(O)C(O)C(O)C(O)C(O)C(O)CO)N(Cl)Cl. The van der Waals surface area contributed by atoms with Crippen LogP contribution < -0.4 is 0 Å². The quantitative estimate of drug-likeness (QED) is 0.0359. The molecule has 26 heteroatoms. The van der Waals surface area contributed by atoms with E-state index in [-0.39, 0.29) is 12.8 Å². The fourth-order valence-corrected chi connectivity index (χ4v) is 6.48. The maximum Gasteiger partial charge on any atom is 0.152 e. The van der Waals surface area contributed by atoms with Crippen LogP contribution in [0, 0.1) is 0 Å². The van der Waals surface area contributed by atoms with Gasteiger partial charge >= 0.3 is 0 Å². The monoisotopic (exact) mass is 847 g/mol. The predicted molar refractivity (Wildman–Crippen MR) is 177 cm³/mol. The lowest BCUT2D eigenvalue weighted by molar-refractivity contribution is -0.212. The minimum Gasteiger partial charge on any atom is -0.394 e. The first kappa shape index (κ1) is 52.7. The number of aliphatic hydroxyl groups is 20. The van der Waals surface area contributed by atoms with E-state index in [1.54, 1.807) is 13.8 Å². The molecule has 0 aromatic rings. The molecular formula is C27H55Cl2NO22S. The molecule has 0 aromatic carbocycles. The van der Waals surface area contributed by atoms with Crippen LogP contribution in [0.1, 0.15) is 26.7 Å². The smallest absolute Gasteiger partial charge is 0.152 e. The van der Waals surface area contributed by atoms with Gasteiger partial charge in [-0.3, -0.25) is 0 Å². The Bertz CT molecular complexity index is 1150. The summed E-state index contributed by atoms with van der Waals surface area (Å²) < 4.78 is 25.6. The van der Waals surface area contributed by atoms with Crippen LogP contribution in [-0.2, 0) is 9.84 Å². The van der Waals surface area contributed by atoms with Gasteiger partial charge in [-0.05, 0) is 50.2 Å². The Kier molecular flexibility index (Phi) is 22.5. The molecule has 0 aromatic heterocycles. The summed E-state index contributed by atoms with van der Waals surface area (Å²) in [6.45, 7) is 2.08. The third-order valence-corrected chi connectivity index (χ3v) is 11.4. The lowest BCUT2D eigenvalue weighted by atomic mass is 9.87. The second kappa shape index (κ2) is 22.6. The molecule has 0 saturated carbocycles. The minimum atomic E-state index is -4.12. The summed E-state index contributed by atoms with van der Waals surface area (Å²) >= 11 is 11.3.